The molecule has 0 aliphatic heterocycles. The Kier molecular flexibility index (Phi) is 17.7. The van der Waals surface area contributed by atoms with E-state index in [0.717, 1.165) is 25.7 Å². The zero-order valence-corrected chi connectivity index (χ0v) is 16.7. The molecule has 25 heavy (non-hydrogen) atoms. The van der Waals surface area contributed by atoms with E-state index in [9.17, 15) is 9.90 Å². The molecule has 2 atom stereocenters. The predicted molar refractivity (Wildman–Crippen MR) is 104 cm³/mol. The topological polar surface area (TPSA) is 66.8 Å². The number of aliphatic hydroxyl groups is 2. The minimum Gasteiger partial charge on any atom is -0.460 e. The maximum absolute atomic E-state index is 11.7. The van der Waals surface area contributed by atoms with Gasteiger partial charge in [0.25, 0.3) is 0 Å². The van der Waals surface area contributed by atoms with Gasteiger partial charge in [0.15, 0.2) is 6.10 Å². The lowest BCUT2D eigenvalue weighted by Crippen LogP contribution is -2.30. The van der Waals surface area contributed by atoms with Crippen LogP contribution in [0.15, 0.2) is 0 Å². The van der Waals surface area contributed by atoms with Crippen LogP contribution in [0.1, 0.15) is 110 Å². The van der Waals surface area contributed by atoms with Crippen molar-refractivity contribution in [2.45, 2.75) is 122 Å². The Morgan fingerprint density at radius 3 is 1.56 bits per heavy atom. The molecule has 150 valence electrons. The van der Waals surface area contributed by atoms with Crippen LogP contribution in [-0.4, -0.2) is 35.0 Å². The van der Waals surface area contributed by atoms with Crippen LogP contribution in [0.3, 0.4) is 0 Å². The summed E-state index contributed by atoms with van der Waals surface area (Å²) in [6.07, 6.45) is 16.2. The van der Waals surface area contributed by atoms with Gasteiger partial charge in [0.1, 0.15) is 6.10 Å². The number of ether oxygens (including phenoxy) is 1. The van der Waals surface area contributed by atoms with Gasteiger partial charge in [0.2, 0.25) is 0 Å². The highest BCUT2D eigenvalue weighted by Gasteiger charge is 2.20. The molecule has 0 aromatic carbocycles. The zero-order valence-electron chi connectivity index (χ0n) is 16.7. The van der Waals surface area contributed by atoms with Crippen LogP contribution >= 0.6 is 0 Å². The fourth-order valence-electron chi connectivity index (χ4n) is 3.06. The molecular weight excluding hydrogens is 316 g/mol. The van der Waals surface area contributed by atoms with Crippen LogP contribution in [-0.2, 0) is 9.53 Å². The summed E-state index contributed by atoms with van der Waals surface area (Å²) in [6, 6.07) is 0. The van der Waals surface area contributed by atoms with E-state index in [1.165, 1.54) is 70.6 Å². The third-order valence-electron chi connectivity index (χ3n) is 4.74. The van der Waals surface area contributed by atoms with Crippen molar-refractivity contribution in [3.8, 4) is 0 Å². The predicted octanol–water partition coefficient (Wildman–Crippen LogP) is 5.14. The summed E-state index contributed by atoms with van der Waals surface area (Å²) >= 11 is 0. The first-order valence-electron chi connectivity index (χ1n) is 10.6. The quantitative estimate of drug-likeness (QED) is 0.263. The molecule has 0 saturated heterocycles. The summed E-state index contributed by atoms with van der Waals surface area (Å²) in [7, 11) is 0. The van der Waals surface area contributed by atoms with Crippen molar-refractivity contribution in [1.82, 2.24) is 0 Å². The fourth-order valence-corrected chi connectivity index (χ4v) is 3.06. The van der Waals surface area contributed by atoms with Crippen molar-refractivity contribution in [3.05, 3.63) is 0 Å². The molecule has 4 nitrogen and oxygen atoms in total. The van der Waals surface area contributed by atoms with Crippen LogP contribution < -0.4 is 0 Å². The lowest BCUT2D eigenvalue weighted by atomic mass is 10.0. The molecular formula is C21H42O4. The highest BCUT2D eigenvalue weighted by Crippen LogP contribution is 2.17. The number of rotatable bonds is 18. The Bertz CT molecular complexity index is 294. The van der Waals surface area contributed by atoms with Crippen molar-refractivity contribution in [1.29, 1.82) is 0 Å². The summed E-state index contributed by atoms with van der Waals surface area (Å²) in [5.74, 6) is -0.679. The molecule has 2 N–H and O–H groups in total. The Morgan fingerprint density at radius 1 is 0.760 bits per heavy atom. The van der Waals surface area contributed by atoms with E-state index in [0.29, 0.717) is 0 Å². The average Bonchev–Trinajstić information content (AvgIpc) is 2.62. The van der Waals surface area contributed by atoms with E-state index in [-0.39, 0.29) is 6.10 Å². The number of esters is 1. The SMILES string of the molecule is CCCCCCCCCC(CCCCCCCC)OC(=O)C(O)CO. The molecule has 0 aromatic rings. The minimum absolute atomic E-state index is 0.115. The second-order valence-electron chi connectivity index (χ2n) is 7.22. The largest absolute Gasteiger partial charge is 0.460 e. The van der Waals surface area contributed by atoms with E-state index in [4.69, 9.17) is 9.84 Å². The molecule has 2 unspecified atom stereocenters. The Hall–Kier alpha value is -0.610. The second kappa shape index (κ2) is 18.2. The van der Waals surface area contributed by atoms with Gasteiger partial charge in [-0.15, -0.1) is 0 Å². The first-order valence-corrected chi connectivity index (χ1v) is 10.6. The molecule has 0 bridgehead atoms. The van der Waals surface area contributed by atoms with Gasteiger partial charge in [0.05, 0.1) is 6.61 Å². The number of carbonyl (C=O) groups is 1. The number of unbranched alkanes of at least 4 members (excludes halogenated alkanes) is 11. The van der Waals surface area contributed by atoms with Gasteiger partial charge in [-0.2, -0.15) is 0 Å². The fraction of sp³-hybridized carbons (Fsp3) is 0.952. The Labute approximate surface area is 155 Å². The second-order valence-corrected chi connectivity index (χ2v) is 7.22. The molecule has 0 saturated carbocycles. The smallest absolute Gasteiger partial charge is 0.337 e. The molecule has 0 spiro atoms. The summed E-state index contributed by atoms with van der Waals surface area (Å²) in [6.45, 7) is 3.87. The van der Waals surface area contributed by atoms with Gasteiger partial charge >= 0.3 is 5.97 Å². The molecule has 0 radical (unpaired) electrons. The van der Waals surface area contributed by atoms with E-state index in [2.05, 4.69) is 13.8 Å². The number of carbonyl (C=O) groups excluding carboxylic acids is 1. The lowest BCUT2D eigenvalue weighted by molar-refractivity contribution is -0.161. The maximum Gasteiger partial charge on any atom is 0.337 e. The van der Waals surface area contributed by atoms with E-state index >= 15 is 0 Å². The van der Waals surface area contributed by atoms with Crippen LogP contribution in [0.5, 0.6) is 0 Å². The normalized spacial score (nSPS) is 13.6. The van der Waals surface area contributed by atoms with Crippen molar-refractivity contribution >= 4 is 5.97 Å². The minimum atomic E-state index is -1.40. The van der Waals surface area contributed by atoms with Crippen molar-refractivity contribution in [2.24, 2.45) is 0 Å². The number of hydrogen-bond acceptors (Lipinski definition) is 4. The molecule has 0 aromatic heterocycles. The van der Waals surface area contributed by atoms with Gasteiger partial charge in [-0.3, -0.25) is 0 Å². The highest BCUT2D eigenvalue weighted by molar-refractivity contribution is 5.74. The molecule has 0 aliphatic carbocycles. The van der Waals surface area contributed by atoms with Crippen LogP contribution in [0.4, 0.5) is 0 Å². The average molecular weight is 359 g/mol. The molecule has 0 aliphatic rings. The van der Waals surface area contributed by atoms with Crippen molar-refractivity contribution < 1.29 is 19.7 Å². The molecule has 4 heteroatoms. The standard InChI is InChI=1S/C21H42O4/c1-3-5-7-9-11-13-15-17-19(25-21(24)20(23)18-22)16-14-12-10-8-6-4-2/h19-20,22-23H,3-18H2,1-2H3. The molecule has 0 heterocycles. The third kappa shape index (κ3) is 15.4. The number of aliphatic hydroxyl groups excluding tert-OH is 2. The van der Waals surface area contributed by atoms with E-state index < -0.39 is 18.7 Å². The molecule has 0 rings (SSSR count). The van der Waals surface area contributed by atoms with Gasteiger partial charge < -0.3 is 14.9 Å². The van der Waals surface area contributed by atoms with E-state index in [1.54, 1.807) is 0 Å². The van der Waals surface area contributed by atoms with Crippen molar-refractivity contribution in [3.63, 3.8) is 0 Å². The summed E-state index contributed by atoms with van der Waals surface area (Å²) in [5.41, 5.74) is 0. The number of hydrogen-bond donors (Lipinski definition) is 2. The summed E-state index contributed by atoms with van der Waals surface area (Å²) in [5, 5.41) is 18.3. The highest BCUT2D eigenvalue weighted by atomic mass is 16.6. The first kappa shape index (κ1) is 24.4. The summed E-state index contributed by atoms with van der Waals surface area (Å²) < 4.78 is 5.43. The summed E-state index contributed by atoms with van der Waals surface area (Å²) in [4.78, 5) is 11.7. The van der Waals surface area contributed by atoms with Gasteiger partial charge in [-0.25, -0.2) is 4.79 Å². The van der Waals surface area contributed by atoms with Gasteiger partial charge in [0, 0.05) is 0 Å². The van der Waals surface area contributed by atoms with Gasteiger partial charge in [-0.1, -0.05) is 84.5 Å². The van der Waals surface area contributed by atoms with Crippen LogP contribution in [0, 0.1) is 0 Å². The van der Waals surface area contributed by atoms with Crippen molar-refractivity contribution in [2.75, 3.05) is 6.61 Å². The maximum atomic E-state index is 11.7. The van der Waals surface area contributed by atoms with Crippen LogP contribution in [0.25, 0.3) is 0 Å². The first-order chi connectivity index (χ1) is 12.2. The zero-order chi connectivity index (χ0) is 18.8. The molecule has 0 fully saturated rings. The Balaban J connectivity index is 4.00. The Morgan fingerprint density at radius 2 is 1.16 bits per heavy atom. The molecule has 0 amide bonds. The van der Waals surface area contributed by atoms with Gasteiger partial charge in [-0.05, 0) is 25.7 Å². The van der Waals surface area contributed by atoms with E-state index in [1.807, 2.05) is 0 Å². The lowest BCUT2D eigenvalue weighted by Gasteiger charge is -2.19. The van der Waals surface area contributed by atoms with Crippen LogP contribution in [0.2, 0.25) is 0 Å². The third-order valence-corrected chi connectivity index (χ3v) is 4.74. The monoisotopic (exact) mass is 358 g/mol.